The predicted molar refractivity (Wildman–Crippen MR) is 84.6 cm³/mol. The summed E-state index contributed by atoms with van der Waals surface area (Å²) in [5, 5.41) is 3.41. The molecule has 0 saturated carbocycles. The van der Waals surface area contributed by atoms with Gasteiger partial charge in [0.15, 0.2) is 11.5 Å². The van der Waals surface area contributed by atoms with Crippen molar-refractivity contribution in [3.05, 3.63) is 22.7 Å². The van der Waals surface area contributed by atoms with Crippen LogP contribution in [0.5, 0.6) is 11.5 Å². The first-order chi connectivity index (χ1) is 10.7. The first-order valence-electron chi connectivity index (χ1n) is 7.54. The Balaban J connectivity index is 1.86. The molecule has 122 valence electrons. The second kappa shape index (κ2) is 8.86. The third-order valence-electron chi connectivity index (χ3n) is 3.35. The fraction of sp³-hybridized carbons (Fsp3) is 0.562. The number of carbonyl (C=O) groups is 1. The summed E-state index contributed by atoms with van der Waals surface area (Å²) in [6.07, 6.45) is 3.04. The molecule has 1 heterocycles. The van der Waals surface area contributed by atoms with Crippen molar-refractivity contribution in [1.29, 1.82) is 0 Å². The highest BCUT2D eigenvalue weighted by Gasteiger charge is 2.15. The average Bonchev–Trinajstić information content (AvgIpc) is 2.75. The van der Waals surface area contributed by atoms with Gasteiger partial charge in [0.1, 0.15) is 0 Å². The minimum absolute atomic E-state index is 0.0272. The third-order valence-corrected chi connectivity index (χ3v) is 3.63. The van der Waals surface area contributed by atoms with Crippen molar-refractivity contribution in [2.24, 2.45) is 0 Å². The Morgan fingerprint density at radius 3 is 2.95 bits per heavy atom. The first-order valence-corrected chi connectivity index (χ1v) is 7.92. The Morgan fingerprint density at radius 1 is 1.32 bits per heavy atom. The fourth-order valence-electron chi connectivity index (χ4n) is 2.21. The zero-order chi connectivity index (χ0) is 15.8. The average molecular weight is 328 g/mol. The number of nitrogens with one attached hydrogen (secondary N) is 1. The number of benzene rings is 1. The predicted octanol–water partition coefficient (Wildman–Crippen LogP) is 2.93. The highest BCUT2D eigenvalue weighted by atomic mass is 35.5. The molecule has 1 aliphatic rings. The number of hydrogen-bond acceptors (Lipinski definition) is 4. The van der Waals surface area contributed by atoms with Crippen LogP contribution in [0, 0.1) is 0 Å². The summed E-state index contributed by atoms with van der Waals surface area (Å²) in [6.45, 7) is 2.33. The molecule has 5 nitrogen and oxygen atoms in total. The fourth-order valence-corrected chi connectivity index (χ4v) is 2.50. The summed E-state index contributed by atoms with van der Waals surface area (Å²) in [5.41, 5.74) is 0.902. The van der Waals surface area contributed by atoms with Crippen LogP contribution in [0.2, 0.25) is 5.02 Å². The van der Waals surface area contributed by atoms with Crippen molar-refractivity contribution in [3.8, 4) is 11.5 Å². The molecule has 22 heavy (non-hydrogen) atoms. The molecule has 0 atom stereocenters. The Labute approximate surface area is 135 Å². The summed E-state index contributed by atoms with van der Waals surface area (Å²) >= 11 is 6.22. The second-order valence-corrected chi connectivity index (χ2v) is 5.59. The lowest BCUT2D eigenvalue weighted by Crippen LogP contribution is -2.22. The van der Waals surface area contributed by atoms with Gasteiger partial charge >= 0.3 is 0 Å². The van der Waals surface area contributed by atoms with Crippen molar-refractivity contribution in [2.75, 3.05) is 26.9 Å². The molecule has 0 aromatic heterocycles. The minimum atomic E-state index is 0.0272. The van der Waals surface area contributed by atoms with Gasteiger partial charge in [-0.15, -0.1) is 0 Å². The number of unbranched alkanes of at least 4 members (excludes halogenated alkanes) is 1. The van der Waals surface area contributed by atoms with E-state index in [1.165, 1.54) is 0 Å². The molecule has 0 aliphatic carbocycles. The Kier molecular flexibility index (Phi) is 6.80. The van der Waals surface area contributed by atoms with E-state index in [1.807, 2.05) is 6.07 Å². The van der Waals surface area contributed by atoms with E-state index < -0.39 is 0 Å². The number of hydrogen-bond donors (Lipinski definition) is 1. The second-order valence-electron chi connectivity index (χ2n) is 5.18. The van der Waals surface area contributed by atoms with Crippen LogP contribution in [0.1, 0.15) is 31.2 Å². The minimum Gasteiger partial charge on any atom is -0.489 e. The van der Waals surface area contributed by atoms with E-state index >= 15 is 0 Å². The maximum Gasteiger partial charge on any atom is 0.220 e. The smallest absolute Gasteiger partial charge is 0.220 e. The lowest BCUT2D eigenvalue weighted by Gasteiger charge is -2.12. The largest absolute Gasteiger partial charge is 0.489 e. The van der Waals surface area contributed by atoms with Crippen LogP contribution in [0.25, 0.3) is 0 Å². The Hall–Kier alpha value is -1.46. The molecule has 0 unspecified atom stereocenters. The first kappa shape index (κ1) is 16.9. The maximum atomic E-state index is 11.8. The summed E-state index contributed by atoms with van der Waals surface area (Å²) in [6, 6.07) is 3.68. The lowest BCUT2D eigenvalue weighted by atomic mass is 10.2. The molecular weight excluding hydrogens is 306 g/mol. The van der Waals surface area contributed by atoms with Gasteiger partial charge < -0.3 is 19.5 Å². The molecule has 1 aromatic rings. The summed E-state index contributed by atoms with van der Waals surface area (Å²) in [7, 11) is 1.66. The highest BCUT2D eigenvalue weighted by molar-refractivity contribution is 6.32. The monoisotopic (exact) mass is 327 g/mol. The van der Waals surface area contributed by atoms with Crippen molar-refractivity contribution < 1.29 is 19.0 Å². The SMILES string of the molecule is COCCCCC(=O)NCc1cc(Cl)c2c(c1)OCCCO2. The number of ether oxygens (including phenoxy) is 3. The Bertz CT molecular complexity index is 507. The molecule has 0 fully saturated rings. The normalized spacial score (nSPS) is 13.5. The zero-order valence-electron chi connectivity index (χ0n) is 12.8. The third kappa shape index (κ3) is 5.07. The van der Waals surface area contributed by atoms with Crippen molar-refractivity contribution in [3.63, 3.8) is 0 Å². The van der Waals surface area contributed by atoms with E-state index in [-0.39, 0.29) is 5.91 Å². The lowest BCUT2D eigenvalue weighted by molar-refractivity contribution is -0.121. The molecule has 0 radical (unpaired) electrons. The zero-order valence-corrected chi connectivity index (χ0v) is 13.6. The number of halogens is 1. The number of carbonyl (C=O) groups excluding carboxylic acids is 1. The number of methoxy groups -OCH3 is 1. The van der Waals surface area contributed by atoms with Gasteiger partial charge in [0.2, 0.25) is 5.91 Å². The molecule has 0 bridgehead atoms. The summed E-state index contributed by atoms with van der Waals surface area (Å²) in [5.74, 6) is 1.27. The molecule has 6 heteroatoms. The summed E-state index contributed by atoms with van der Waals surface area (Å²) in [4.78, 5) is 11.8. The molecule has 0 saturated heterocycles. The van der Waals surface area contributed by atoms with Crippen LogP contribution in [-0.2, 0) is 16.1 Å². The van der Waals surface area contributed by atoms with Crippen LogP contribution in [0.3, 0.4) is 0 Å². The molecule has 1 aromatic carbocycles. The van der Waals surface area contributed by atoms with Gasteiger partial charge in [0, 0.05) is 33.1 Å². The highest BCUT2D eigenvalue weighted by Crippen LogP contribution is 2.37. The number of fused-ring (bicyclic) bond motifs is 1. The van der Waals surface area contributed by atoms with Gasteiger partial charge in [-0.25, -0.2) is 0 Å². The van der Waals surface area contributed by atoms with Crippen LogP contribution in [0.15, 0.2) is 12.1 Å². The van der Waals surface area contributed by atoms with Gasteiger partial charge in [0.25, 0.3) is 0 Å². The van der Waals surface area contributed by atoms with Gasteiger partial charge in [-0.2, -0.15) is 0 Å². The number of amides is 1. The quantitative estimate of drug-likeness (QED) is 0.782. The van der Waals surface area contributed by atoms with E-state index in [0.717, 1.165) is 24.8 Å². The number of rotatable bonds is 7. The Morgan fingerprint density at radius 2 is 2.14 bits per heavy atom. The topological polar surface area (TPSA) is 56.8 Å². The molecule has 1 amide bonds. The van der Waals surface area contributed by atoms with Crippen molar-refractivity contribution in [1.82, 2.24) is 5.32 Å². The van der Waals surface area contributed by atoms with Crippen molar-refractivity contribution >= 4 is 17.5 Å². The van der Waals surface area contributed by atoms with E-state index in [1.54, 1.807) is 13.2 Å². The molecule has 0 spiro atoms. The van der Waals surface area contributed by atoms with E-state index in [9.17, 15) is 4.79 Å². The van der Waals surface area contributed by atoms with E-state index in [4.69, 9.17) is 25.8 Å². The van der Waals surface area contributed by atoms with E-state index in [0.29, 0.717) is 49.3 Å². The van der Waals surface area contributed by atoms with Gasteiger partial charge in [-0.3, -0.25) is 4.79 Å². The van der Waals surface area contributed by atoms with Gasteiger partial charge in [-0.05, 0) is 30.5 Å². The van der Waals surface area contributed by atoms with E-state index in [2.05, 4.69) is 5.32 Å². The summed E-state index contributed by atoms with van der Waals surface area (Å²) < 4.78 is 16.2. The van der Waals surface area contributed by atoms with Crippen LogP contribution in [0.4, 0.5) is 0 Å². The molecule has 1 N–H and O–H groups in total. The maximum absolute atomic E-state index is 11.8. The molecule has 1 aliphatic heterocycles. The van der Waals surface area contributed by atoms with Crippen molar-refractivity contribution in [2.45, 2.75) is 32.2 Å². The van der Waals surface area contributed by atoms with Crippen LogP contribution in [-0.4, -0.2) is 32.8 Å². The van der Waals surface area contributed by atoms with Crippen LogP contribution < -0.4 is 14.8 Å². The molecular formula is C16H22ClNO4. The van der Waals surface area contributed by atoms with Crippen LogP contribution >= 0.6 is 11.6 Å². The standard InChI is InChI=1S/C16H22ClNO4/c1-20-6-3-2-5-15(19)18-11-12-9-13(17)16-14(10-12)21-7-4-8-22-16/h9-10H,2-8,11H2,1H3,(H,18,19). The van der Waals surface area contributed by atoms with Gasteiger partial charge in [-0.1, -0.05) is 11.6 Å². The molecule has 2 rings (SSSR count). The van der Waals surface area contributed by atoms with Gasteiger partial charge in [0.05, 0.1) is 18.2 Å².